The molecule has 0 saturated heterocycles. The molecular formula is C45H32N4. The molecule has 7 aromatic carbocycles. The second-order valence-electron chi connectivity index (χ2n) is 12.3. The van der Waals surface area contributed by atoms with Gasteiger partial charge in [-0.3, -0.25) is 0 Å². The van der Waals surface area contributed by atoms with Crippen LogP contribution in [0.2, 0.25) is 0 Å². The molecule has 0 unspecified atom stereocenters. The Balaban J connectivity index is 1.21. The van der Waals surface area contributed by atoms with Gasteiger partial charge in [-0.25, -0.2) is 9.98 Å². The molecule has 0 atom stereocenters. The predicted octanol–water partition coefficient (Wildman–Crippen LogP) is 10.6. The van der Waals surface area contributed by atoms with Gasteiger partial charge in [-0.1, -0.05) is 152 Å². The van der Waals surface area contributed by atoms with Crippen LogP contribution < -0.4 is 5.32 Å². The summed E-state index contributed by atoms with van der Waals surface area (Å²) >= 11 is 0. The van der Waals surface area contributed by atoms with Crippen molar-refractivity contribution in [3.63, 3.8) is 0 Å². The van der Waals surface area contributed by atoms with E-state index in [9.17, 15) is 0 Å². The molecule has 0 amide bonds. The van der Waals surface area contributed by atoms with Crippen molar-refractivity contribution in [1.82, 2.24) is 9.88 Å². The van der Waals surface area contributed by atoms with Gasteiger partial charge in [0.2, 0.25) is 0 Å². The molecule has 1 aromatic heterocycles. The highest BCUT2D eigenvalue weighted by molar-refractivity contribution is 6.16. The fourth-order valence-corrected chi connectivity index (χ4v) is 6.88. The lowest BCUT2D eigenvalue weighted by molar-refractivity contribution is 0.755. The highest BCUT2D eigenvalue weighted by atomic mass is 15.2. The highest BCUT2D eigenvalue weighted by Crippen LogP contribution is 2.41. The SMILES string of the molecule is c1ccc(C2=NC(c3ccc(-n4c5ccccc5c5cc(-c6ccccc6)cc(-c6ccccc6)c54)cc3)N=C(c3ccccc3)N2)cc1. The van der Waals surface area contributed by atoms with Crippen LogP contribution >= 0.6 is 0 Å². The Kier molecular flexibility index (Phi) is 7.17. The van der Waals surface area contributed by atoms with Gasteiger partial charge in [0.15, 0.2) is 6.17 Å². The van der Waals surface area contributed by atoms with Gasteiger partial charge < -0.3 is 9.88 Å². The molecule has 1 N–H and O–H groups in total. The molecule has 0 spiro atoms. The Hall–Kier alpha value is -6.52. The smallest absolute Gasteiger partial charge is 0.169 e. The first-order valence-corrected chi connectivity index (χ1v) is 16.6. The summed E-state index contributed by atoms with van der Waals surface area (Å²) < 4.78 is 2.41. The minimum Gasteiger partial charge on any atom is -0.324 e. The van der Waals surface area contributed by atoms with E-state index < -0.39 is 0 Å². The Morgan fingerprint density at radius 3 is 1.53 bits per heavy atom. The Labute approximate surface area is 285 Å². The lowest BCUT2D eigenvalue weighted by Gasteiger charge is -2.22. The summed E-state index contributed by atoms with van der Waals surface area (Å²) in [5, 5.41) is 5.95. The molecule has 1 aliphatic heterocycles. The number of nitrogens with one attached hydrogen (secondary N) is 1. The molecule has 232 valence electrons. The molecule has 0 saturated carbocycles. The average Bonchev–Trinajstić information content (AvgIpc) is 3.53. The predicted molar refractivity (Wildman–Crippen MR) is 203 cm³/mol. The van der Waals surface area contributed by atoms with Crippen molar-refractivity contribution in [3.8, 4) is 27.9 Å². The zero-order valence-electron chi connectivity index (χ0n) is 26.7. The topological polar surface area (TPSA) is 41.7 Å². The van der Waals surface area contributed by atoms with Crippen LogP contribution in [-0.2, 0) is 0 Å². The van der Waals surface area contributed by atoms with E-state index in [1.807, 2.05) is 36.4 Å². The van der Waals surface area contributed by atoms with E-state index >= 15 is 0 Å². The maximum absolute atomic E-state index is 5.09. The largest absolute Gasteiger partial charge is 0.324 e. The van der Waals surface area contributed by atoms with Crippen molar-refractivity contribution in [2.45, 2.75) is 6.17 Å². The summed E-state index contributed by atoms with van der Waals surface area (Å²) in [6.45, 7) is 0. The van der Waals surface area contributed by atoms with Crippen LogP contribution in [0.1, 0.15) is 22.9 Å². The molecule has 0 radical (unpaired) electrons. The number of aliphatic imine (C=N–C) groups is 2. The highest BCUT2D eigenvalue weighted by Gasteiger charge is 2.22. The molecule has 1 aliphatic rings. The van der Waals surface area contributed by atoms with Crippen molar-refractivity contribution < 1.29 is 0 Å². The molecule has 0 fully saturated rings. The molecule has 0 bridgehead atoms. The second kappa shape index (κ2) is 12.3. The number of aromatic nitrogens is 1. The van der Waals surface area contributed by atoms with Crippen LogP contribution in [0.15, 0.2) is 192 Å². The lowest BCUT2D eigenvalue weighted by atomic mass is 9.95. The van der Waals surface area contributed by atoms with Crippen LogP contribution in [0.5, 0.6) is 0 Å². The van der Waals surface area contributed by atoms with Gasteiger partial charge in [0.1, 0.15) is 11.7 Å². The molecule has 2 heterocycles. The van der Waals surface area contributed by atoms with Crippen LogP contribution in [0.4, 0.5) is 0 Å². The van der Waals surface area contributed by atoms with Crippen LogP contribution in [0.3, 0.4) is 0 Å². The first-order valence-electron chi connectivity index (χ1n) is 16.6. The van der Waals surface area contributed by atoms with Crippen molar-refractivity contribution in [3.05, 3.63) is 199 Å². The third-order valence-corrected chi connectivity index (χ3v) is 9.24. The van der Waals surface area contributed by atoms with Crippen LogP contribution in [-0.4, -0.2) is 16.2 Å². The molecule has 0 aliphatic carbocycles. The number of hydrogen-bond acceptors (Lipinski definition) is 3. The van der Waals surface area contributed by atoms with Crippen molar-refractivity contribution in [2.75, 3.05) is 0 Å². The van der Waals surface area contributed by atoms with Crippen LogP contribution in [0.25, 0.3) is 49.7 Å². The molecule has 4 heteroatoms. The van der Waals surface area contributed by atoms with Gasteiger partial charge in [0.05, 0.1) is 11.0 Å². The molecule has 49 heavy (non-hydrogen) atoms. The average molecular weight is 629 g/mol. The molecule has 8 aromatic rings. The van der Waals surface area contributed by atoms with Gasteiger partial charge in [-0.15, -0.1) is 0 Å². The minimum absolute atomic E-state index is 0.382. The van der Waals surface area contributed by atoms with Crippen molar-refractivity contribution in [2.24, 2.45) is 9.98 Å². The van der Waals surface area contributed by atoms with E-state index in [1.165, 1.54) is 44.1 Å². The summed E-state index contributed by atoms with van der Waals surface area (Å²) in [6, 6.07) is 64.0. The first kappa shape index (κ1) is 28.7. The van der Waals surface area contributed by atoms with Crippen molar-refractivity contribution >= 4 is 33.5 Å². The van der Waals surface area contributed by atoms with E-state index in [1.54, 1.807) is 0 Å². The van der Waals surface area contributed by atoms with E-state index in [0.29, 0.717) is 0 Å². The summed E-state index contributed by atoms with van der Waals surface area (Å²) in [4.78, 5) is 10.2. The number of hydrogen-bond donors (Lipinski definition) is 1. The van der Waals surface area contributed by atoms with Gasteiger partial charge in [0.25, 0.3) is 0 Å². The third kappa shape index (κ3) is 5.30. The standard InChI is InChI=1S/C45H32N4/c1-5-15-31(16-6-1)36-29-39(32-17-7-2-8-18-32)42-40(30-36)38-23-13-14-24-41(38)49(42)37-27-25-35(26-28-37)45-47-43(33-19-9-3-10-20-33)46-44(48-45)34-21-11-4-12-22-34/h1-30,45H,(H,46,47,48). The Morgan fingerprint density at radius 1 is 0.429 bits per heavy atom. The van der Waals surface area contributed by atoms with Gasteiger partial charge in [-0.05, 0) is 52.6 Å². The molecule has 9 rings (SSSR count). The third-order valence-electron chi connectivity index (χ3n) is 9.24. The second-order valence-corrected chi connectivity index (χ2v) is 12.3. The molecular weight excluding hydrogens is 597 g/mol. The maximum Gasteiger partial charge on any atom is 0.169 e. The van der Waals surface area contributed by atoms with Gasteiger partial charge in [-0.2, -0.15) is 0 Å². The zero-order chi connectivity index (χ0) is 32.6. The van der Waals surface area contributed by atoms with E-state index in [2.05, 4.69) is 155 Å². The van der Waals surface area contributed by atoms with Gasteiger partial charge >= 0.3 is 0 Å². The minimum atomic E-state index is -0.382. The monoisotopic (exact) mass is 628 g/mol. The quantitative estimate of drug-likeness (QED) is 0.196. The van der Waals surface area contributed by atoms with Crippen molar-refractivity contribution in [1.29, 1.82) is 0 Å². The number of nitrogens with zero attached hydrogens (tertiary/aromatic N) is 3. The number of benzene rings is 7. The van der Waals surface area contributed by atoms with E-state index in [0.717, 1.165) is 34.0 Å². The Bertz CT molecular complexity index is 2420. The fourth-order valence-electron chi connectivity index (χ4n) is 6.88. The molecule has 4 nitrogen and oxygen atoms in total. The van der Waals surface area contributed by atoms with Crippen LogP contribution in [0, 0.1) is 0 Å². The number of fused-ring (bicyclic) bond motifs is 3. The summed E-state index contributed by atoms with van der Waals surface area (Å²) in [7, 11) is 0. The fraction of sp³-hybridized carbons (Fsp3) is 0.0222. The zero-order valence-corrected chi connectivity index (χ0v) is 26.7. The number of para-hydroxylation sites is 1. The summed E-state index contributed by atoms with van der Waals surface area (Å²) in [5.74, 6) is 1.63. The maximum atomic E-state index is 5.09. The normalized spacial score (nSPS) is 13.2. The van der Waals surface area contributed by atoms with E-state index in [4.69, 9.17) is 9.98 Å². The Morgan fingerprint density at radius 2 is 0.939 bits per heavy atom. The lowest BCUT2D eigenvalue weighted by Crippen LogP contribution is -2.35. The van der Waals surface area contributed by atoms with Gasteiger partial charge in [0, 0.05) is 33.2 Å². The number of amidine groups is 2. The number of rotatable bonds is 6. The van der Waals surface area contributed by atoms with E-state index in [-0.39, 0.29) is 6.17 Å². The summed E-state index contributed by atoms with van der Waals surface area (Å²) in [6.07, 6.45) is -0.382. The summed E-state index contributed by atoms with van der Waals surface area (Å²) in [5.41, 5.74) is 11.3. The first-order chi connectivity index (χ1) is 24.3.